The Morgan fingerprint density at radius 3 is 2.67 bits per heavy atom. The number of nitrogens with zero attached hydrogens (tertiary/aromatic N) is 2. The van der Waals surface area contributed by atoms with Gasteiger partial charge in [0, 0.05) is 25.3 Å². The average Bonchev–Trinajstić information content (AvgIpc) is 2.46. The summed E-state index contributed by atoms with van der Waals surface area (Å²) in [4.78, 5) is 6.97. The molecule has 1 rings (SSSR count). The summed E-state index contributed by atoms with van der Waals surface area (Å²) in [6, 6.07) is 0. The molecule has 1 aliphatic heterocycles. The topological polar surface area (TPSA) is 15.6 Å². The summed E-state index contributed by atoms with van der Waals surface area (Å²) in [6.07, 6.45) is 5.40. The highest BCUT2D eigenvalue weighted by Crippen LogP contribution is 2.25. The average molecular weight is 208 g/mol. The highest BCUT2D eigenvalue weighted by molar-refractivity contribution is 5.95. The van der Waals surface area contributed by atoms with Crippen LogP contribution in [0.25, 0.3) is 0 Å². The molecule has 0 saturated carbocycles. The van der Waals surface area contributed by atoms with Crippen LogP contribution in [0.2, 0.25) is 0 Å². The molecule has 0 aliphatic carbocycles. The molecule has 0 radical (unpaired) electrons. The van der Waals surface area contributed by atoms with Gasteiger partial charge in [-0.05, 0) is 45.2 Å². The summed E-state index contributed by atoms with van der Waals surface area (Å²) in [5.74, 6) is 1.60. The van der Waals surface area contributed by atoms with Gasteiger partial charge in [0.2, 0.25) is 0 Å². The first-order valence-electron chi connectivity index (χ1n) is 6.01. The zero-order valence-electron chi connectivity index (χ0n) is 10.5. The van der Waals surface area contributed by atoms with E-state index in [9.17, 15) is 0 Å². The van der Waals surface area contributed by atoms with E-state index >= 15 is 0 Å². The monoisotopic (exact) mass is 208 g/mol. The third-order valence-corrected chi connectivity index (χ3v) is 3.14. The van der Waals surface area contributed by atoms with Gasteiger partial charge in [-0.1, -0.05) is 13.0 Å². The standard InChI is InChI=1S/C13H24N2/c1-5-7-13(14-6-2)8-12-10-15(4)9-11(12)3/h5,7,11-12H,6,8-10H2,1-4H3/b7-5-,14-13?. The van der Waals surface area contributed by atoms with Crippen LogP contribution in [0, 0.1) is 11.8 Å². The molecule has 0 N–H and O–H groups in total. The van der Waals surface area contributed by atoms with Gasteiger partial charge >= 0.3 is 0 Å². The van der Waals surface area contributed by atoms with E-state index in [-0.39, 0.29) is 0 Å². The molecule has 0 aromatic rings. The Kier molecular flexibility index (Phi) is 5.03. The summed E-state index contributed by atoms with van der Waals surface area (Å²) >= 11 is 0. The smallest absolute Gasteiger partial charge is 0.0364 e. The Morgan fingerprint density at radius 2 is 2.20 bits per heavy atom. The Morgan fingerprint density at radius 1 is 1.47 bits per heavy atom. The van der Waals surface area contributed by atoms with Gasteiger partial charge < -0.3 is 4.90 Å². The second-order valence-corrected chi connectivity index (χ2v) is 4.63. The van der Waals surface area contributed by atoms with Crippen molar-refractivity contribution in [3.63, 3.8) is 0 Å². The molecule has 0 bridgehead atoms. The summed E-state index contributed by atoms with van der Waals surface area (Å²) < 4.78 is 0. The lowest BCUT2D eigenvalue weighted by Gasteiger charge is -2.13. The van der Waals surface area contributed by atoms with E-state index in [0.29, 0.717) is 0 Å². The largest absolute Gasteiger partial charge is 0.306 e. The van der Waals surface area contributed by atoms with E-state index in [2.05, 4.69) is 49.9 Å². The van der Waals surface area contributed by atoms with Gasteiger partial charge in [0.25, 0.3) is 0 Å². The van der Waals surface area contributed by atoms with Gasteiger partial charge in [-0.15, -0.1) is 0 Å². The molecular weight excluding hydrogens is 184 g/mol. The van der Waals surface area contributed by atoms with Crippen LogP contribution < -0.4 is 0 Å². The van der Waals surface area contributed by atoms with Crippen molar-refractivity contribution in [3.05, 3.63) is 12.2 Å². The molecule has 0 amide bonds. The van der Waals surface area contributed by atoms with Crippen LogP contribution >= 0.6 is 0 Å². The van der Waals surface area contributed by atoms with E-state index in [0.717, 1.165) is 24.8 Å². The minimum Gasteiger partial charge on any atom is -0.306 e. The summed E-state index contributed by atoms with van der Waals surface area (Å²) in [5, 5.41) is 0. The van der Waals surface area contributed by atoms with Crippen LogP contribution in [0.4, 0.5) is 0 Å². The second kappa shape index (κ2) is 6.06. The van der Waals surface area contributed by atoms with E-state index in [1.807, 2.05) is 0 Å². The van der Waals surface area contributed by atoms with Crippen molar-refractivity contribution < 1.29 is 0 Å². The molecule has 0 spiro atoms. The Balaban J connectivity index is 2.55. The van der Waals surface area contributed by atoms with E-state index in [1.165, 1.54) is 18.8 Å². The van der Waals surface area contributed by atoms with Crippen molar-refractivity contribution in [2.45, 2.75) is 27.2 Å². The zero-order valence-corrected chi connectivity index (χ0v) is 10.5. The minimum atomic E-state index is 0.788. The summed E-state index contributed by atoms with van der Waals surface area (Å²) in [5.41, 5.74) is 1.27. The molecule has 1 heterocycles. The maximum Gasteiger partial charge on any atom is 0.0364 e. The minimum absolute atomic E-state index is 0.788. The quantitative estimate of drug-likeness (QED) is 0.648. The third kappa shape index (κ3) is 3.78. The number of aliphatic imine (C=N–C) groups is 1. The van der Waals surface area contributed by atoms with E-state index < -0.39 is 0 Å². The molecule has 1 aliphatic rings. The van der Waals surface area contributed by atoms with E-state index in [4.69, 9.17) is 0 Å². The number of allylic oxidation sites excluding steroid dienone is 2. The molecule has 2 unspecified atom stereocenters. The first kappa shape index (κ1) is 12.4. The fraction of sp³-hybridized carbons (Fsp3) is 0.769. The Bertz CT molecular complexity index is 243. The van der Waals surface area contributed by atoms with Gasteiger partial charge in [0.15, 0.2) is 0 Å². The molecule has 1 fully saturated rings. The first-order chi connectivity index (χ1) is 7.17. The van der Waals surface area contributed by atoms with Crippen LogP contribution in [0.15, 0.2) is 17.1 Å². The highest BCUT2D eigenvalue weighted by atomic mass is 15.1. The van der Waals surface area contributed by atoms with Gasteiger partial charge in [-0.2, -0.15) is 0 Å². The summed E-state index contributed by atoms with van der Waals surface area (Å²) in [6.45, 7) is 9.88. The molecular formula is C13H24N2. The van der Waals surface area contributed by atoms with Gasteiger partial charge in [-0.3, -0.25) is 4.99 Å². The number of hydrogen-bond donors (Lipinski definition) is 0. The Labute approximate surface area is 94.1 Å². The second-order valence-electron chi connectivity index (χ2n) is 4.63. The van der Waals surface area contributed by atoms with Gasteiger partial charge in [-0.25, -0.2) is 0 Å². The Hall–Kier alpha value is -0.630. The van der Waals surface area contributed by atoms with Crippen molar-refractivity contribution in [3.8, 4) is 0 Å². The van der Waals surface area contributed by atoms with Crippen molar-refractivity contribution in [1.29, 1.82) is 0 Å². The fourth-order valence-electron chi connectivity index (χ4n) is 2.41. The SMILES string of the molecule is C/C=C\C(CC1CN(C)CC1C)=NCC. The van der Waals surface area contributed by atoms with Crippen molar-refractivity contribution in [2.24, 2.45) is 16.8 Å². The number of rotatable bonds is 4. The molecule has 15 heavy (non-hydrogen) atoms. The first-order valence-corrected chi connectivity index (χ1v) is 6.01. The van der Waals surface area contributed by atoms with E-state index in [1.54, 1.807) is 0 Å². The van der Waals surface area contributed by atoms with Crippen LogP contribution in [0.5, 0.6) is 0 Å². The zero-order chi connectivity index (χ0) is 11.3. The lowest BCUT2D eigenvalue weighted by Crippen LogP contribution is -2.15. The van der Waals surface area contributed by atoms with Crippen LogP contribution in [-0.2, 0) is 0 Å². The summed E-state index contributed by atoms with van der Waals surface area (Å²) in [7, 11) is 2.21. The van der Waals surface area contributed by atoms with Crippen molar-refractivity contribution in [1.82, 2.24) is 4.90 Å². The molecule has 2 atom stereocenters. The fourth-order valence-corrected chi connectivity index (χ4v) is 2.41. The lowest BCUT2D eigenvalue weighted by molar-refractivity contribution is 0.396. The lowest BCUT2D eigenvalue weighted by atomic mass is 9.92. The van der Waals surface area contributed by atoms with Gasteiger partial charge in [0.05, 0.1) is 0 Å². The molecule has 0 aromatic carbocycles. The molecule has 86 valence electrons. The molecule has 2 heteroatoms. The maximum absolute atomic E-state index is 4.55. The predicted molar refractivity (Wildman–Crippen MR) is 67.6 cm³/mol. The highest BCUT2D eigenvalue weighted by Gasteiger charge is 2.27. The van der Waals surface area contributed by atoms with Crippen LogP contribution in [-0.4, -0.2) is 37.3 Å². The number of hydrogen-bond acceptors (Lipinski definition) is 2. The maximum atomic E-state index is 4.55. The normalized spacial score (nSPS) is 29.2. The molecule has 2 nitrogen and oxygen atoms in total. The van der Waals surface area contributed by atoms with Crippen LogP contribution in [0.1, 0.15) is 27.2 Å². The third-order valence-electron chi connectivity index (χ3n) is 3.14. The van der Waals surface area contributed by atoms with Crippen molar-refractivity contribution in [2.75, 3.05) is 26.7 Å². The van der Waals surface area contributed by atoms with Crippen molar-refractivity contribution >= 4 is 5.71 Å². The van der Waals surface area contributed by atoms with Gasteiger partial charge in [0.1, 0.15) is 0 Å². The number of likely N-dealkylation sites (tertiary alicyclic amines) is 1. The predicted octanol–water partition coefficient (Wildman–Crippen LogP) is 2.61. The molecule has 1 saturated heterocycles. The van der Waals surface area contributed by atoms with Crippen LogP contribution in [0.3, 0.4) is 0 Å². The molecule has 0 aromatic heterocycles.